The van der Waals surface area contributed by atoms with Crippen LogP contribution in [0.2, 0.25) is 0 Å². The minimum atomic E-state index is -0.124. The molecule has 2 nitrogen and oxygen atoms in total. The van der Waals surface area contributed by atoms with E-state index in [1.807, 2.05) is 13.0 Å². The van der Waals surface area contributed by atoms with Crippen molar-refractivity contribution >= 4 is 21.4 Å². The number of hydrogen-bond acceptors (Lipinski definition) is 3. The normalized spacial score (nSPS) is 12.6. The smallest absolute Gasteiger partial charge is 0.122 e. The number of benzene rings is 2. The molecule has 0 radical (unpaired) electrons. The van der Waals surface area contributed by atoms with Gasteiger partial charge >= 0.3 is 0 Å². The predicted octanol–water partition coefficient (Wildman–Crippen LogP) is 4.27. The van der Waals surface area contributed by atoms with E-state index in [2.05, 4.69) is 41.8 Å². The van der Waals surface area contributed by atoms with Crippen molar-refractivity contribution in [1.82, 2.24) is 0 Å². The highest BCUT2D eigenvalue weighted by Crippen LogP contribution is 2.33. The summed E-state index contributed by atoms with van der Waals surface area (Å²) in [6, 6.07) is 14.4. The Balaban J connectivity index is 2.06. The van der Waals surface area contributed by atoms with Crippen molar-refractivity contribution in [2.45, 2.75) is 13.0 Å². The first-order chi connectivity index (χ1) is 9.70. The Kier molecular flexibility index (Phi) is 3.47. The Labute approximate surface area is 122 Å². The van der Waals surface area contributed by atoms with E-state index in [1.54, 1.807) is 18.4 Å². The quantitative estimate of drug-likeness (QED) is 0.779. The molecule has 3 rings (SSSR count). The minimum Gasteiger partial charge on any atom is -0.496 e. The first kappa shape index (κ1) is 13.2. The van der Waals surface area contributed by atoms with Crippen molar-refractivity contribution in [2.75, 3.05) is 7.11 Å². The first-order valence-electron chi connectivity index (χ1n) is 6.57. The second-order valence-corrected chi connectivity index (χ2v) is 5.81. The Hall–Kier alpha value is -1.84. The number of fused-ring (bicyclic) bond motifs is 1. The van der Waals surface area contributed by atoms with Gasteiger partial charge in [0, 0.05) is 4.70 Å². The monoisotopic (exact) mass is 283 g/mol. The van der Waals surface area contributed by atoms with Gasteiger partial charge in [-0.1, -0.05) is 30.3 Å². The molecular weight excluding hydrogens is 266 g/mol. The zero-order valence-electron chi connectivity index (χ0n) is 11.6. The molecule has 1 aromatic heterocycles. The number of nitrogens with two attached hydrogens (primary N) is 1. The molecule has 20 heavy (non-hydrogen) atoms. The van der Waals surface area contributed by atoms with E-state index >= 15 is 0 Å². The molecule has 0 saturated carbocycles. The summed E-state index contributed by atoms with van der Waals surface area (Å²) in [5.74, 6) is 0.887. The molecule has 0 aliphatic rings. The first-order valence-corrected chi connectivity index (χ1v) is 7.45. The Morgan fingerprint density at radius 1 is 1.15 bits per heavy atom. The van der Waals surface area contributed by atoms with Crippen LogP contribution in [0.4, 0.5) is 0 Å². The van der Waals surface area contributed by atoms with Crippen molar-refractivity contribution in [3.63, 3.8) is 0 Å². The fraction of sp³-hybridized carbons (Fsp3) is 0.176. The predicted molar refractivity (Wildman–Crippen MR) is 85.6 cm³/mol. The second kappa shape index (κ2) is 5.27. The zero-order chi connectivity index (χ0) is 14.1. The maximum atomic E-state index is 6.45. The molecule has 0 amide bonds. The number of aryl methyl sites for hydroxylation is 1. The Bertz CT molecular complexity index is 748. The summed E-state index contributed by atoms with van der Waals surface area (Å²) in [7, 11) is 1.69. The van der Waals surface area contributed by atoms with Gasteiger partial charge in [-0.05, 0) is 46.5 Å². The molecule has 0 spiro atoms. The van der Waals surface area contributed by atoms with Gasteiger partial charge in [0.1, 0.15) is 5.75 Å². The van der Waals surface area contributed by atoms with Crippen LogP contribution in [0, 0.1) is 6.92 Å². The summed E-state index contributed by atoms with van der Waals surface area (Å²) in [6.45, 7) is 2.04. The zero-order valence-corrected chi connectivity index (χ0v) is 12.4. The van der Waals surface area contributed by atoms with Gasteiger partial charge in [-0.15, -0.1) is 11.3 Å². The molecule has 0 aliphatic carbocycles. The van der Waals surface area contributed by atoms with Crippen molar-refractivity contribution in [3.05, 3.63) is 64.5 Å². The summed E-state index contributed by atoms with van der Waals surface area (Å²) in [4.78, 5) is 0. The molecule has 3 aromatic rings. The SMILES string of the molecule is COc1cc(C(N)c2csc3ccccc23)ccc1C. The Morgan fingerprint density at radius 3 is 2.75 bits per heavy atom. The molecule has 0 fully saturated rings. The van der Waals surface area contributed by atoms with E-state index in [1.165, 1.54) is 15.6 Å². The molecular formula is C17H17NOS. The summed E-state index contributed by atoms with van der Waals surface area (Å²) < 4.78 is 6.66. The van der Waals surface area contributed by atoms with Crippen molar-refractivity contribution < 1.29 is 4.74 Å². The third-order valence-corrected chi connectivity index (χ3v) is 4.62. The van der Waals surface area contributed by atoms with Gasteiger partial charge < -0.3 is 10.5 Å². The van der Waals surface area contributed by atoms with Crippen molar-refractivity contribution in [3.8, 4) is 5.75 Å². The van der Waals surface area contributed by atoms with E-state index in [-0.39, 0.29) is 6.04 Å². The molecule has 2 N–H and O–H groups in total. The number of methoxy groups -OCH3 is 1. The summed E-state index contributed by atoms with van der Waals surface area (Å²) in [5.41, 5.74) is 9.83. The van der Waals surface area contributed by atoms with E-state index in [9.17, 15) is 0 Å². The molecule has 102 valence electrons. The van der Waals surface area contributed by atoms with Gasteiger partial charge in [0.2, 0.25) is 0 Å². The van der Waals surface area contributed by atoms with Crippen LogP contribution in [-0.4, -0.2) is 7.11 Å². The van der Waals surface area contributed by atoms with Crippen LogP contribution in [-0.2, 0) is 0 Å². The molecule has 0 saturated heterocycles. The maximum Gasteiger partial charge on any atom is 0.122 e. The summed E-state index contributed by atoms with van der Waals surface area (Å²) in [6.07, 6.45) is 0. The molecule has 1 atom stereocenters. The van der Waals surface area contributed by atoms with E-state index < -0.39 is 0 Å². The lowest BCUT2D eigenvalue weighted by molar-refractivity contribution is 0.411. The lowest BCUT2D eigenvalue weighted by Gasteiger charge is -2.14. The van der Waals surface area contributed by atoms with Crippen LogP contribution in [0.25, 0.3) is 10.1 Å². The van der Waals surface area contributed by atoms with Gasteiger partial charge in [0.25, 0.3) is 0 Å². The van der Waals surface area contributed by atoms with Crippen LogP contribution in [0.3, 0.4) is 0 Å². The maximum absolute atomic E-state index is 6.45. The van der Waals surface area contributed by atoms with Crippen molar-refractivity contribution in [1.29, 1.82) is 0 Å². The summed E-state index contributed by atoms with van der Waals surface area (Å²) in [5, 5.41) is 3.39. The van der Waals surface area contributed by atoms with E-state index in [0.29, 0.717) is 0 Å². The molecule has 1 heterocycles. The van der Waals surface area contributed by atoms with Gasteiger partial charge in [-0.25, -0.2) is 0 Å². The molecule has 0 aliphatic heterocycles. The standard InChI is InChI=1S/C17H17NOS/c1-11-7-8-12(9-15(11)19-2)17(18)14-10-20-16-6-4-3-5-13(14)16/h3-10,17H,18H2,1-2H3. The van der Waals surface area contributed by atoms with Crippen LogP contribution in [0.1, 0.15) is 22.7 Å². The lowest BCUT2D eigenvalue weighted by atomic mass is 9.98. The number of thiophene rings is 1. The lowest BCUT2D eigenvalue weighted by Crippen LogP contribution is -2.11. The topological polar surface area (TPSA) is 35.2 Å². The third-order valence-electron chi connectivity index (χ3n) is 3.64. The number of hydrogen-bond donors (Lipinski definition) is 1. The highest BCUT2D eigenvalue weighted by atomic mass is 32.1. The molecule has 2 aromatic carbocycles. The van der Waals surface area contributed by atoms with Gasteiger partial charge in [-0.2, -0.15) is 0 Å². The van der Waals surface area contributed by atoms with E-state index in [4.69, 9.17) is 10.5 Å². The van der Waals surface area contributed by atoms with Crippen LogP contribution in [0.5, 0.6) is 5.75 Å². The van der Waals surface area contributed by atoms with Crippen molar-refractivity contribution in [2.24, 2.45) is 5.73 Å². The average Bonchev–Trinajstić information content (AvgIpc) is 2.91. The number of ether oxygens (including phenoxy) is 1. The minimum absolute atomic E-state index is 0.124. The van der Waals surface area contributed by atoms with Gasteiger partial charge in [-0.3, -0.25) is 0 Å². The van der Waals surface area contributed by atoms with Gasteiger partial charge in [0.15, 0.2) is 0 Å². The fourth-order valence-corrected chi connectivity index (χ4v) is 3.45. The Morgan fingerprint density at radius 2 is 1.95 bits per heavy atom. The summed E-state index contributed by atoms with van der Waals surface area (Å²) >= 11 is 1.74. The van der Waals surface area contributed by atoms with Crippen LogP contribution >= 0.6 is 11.3 Å². The van der Waals surface area contributed by atoms with Crippen LogP contribution < -0.4 is 10.5 Å². The molecule has 0 bridgehead atoms. The second-order valence-electron chi connectivity index (χ2n) is 4.89. The molecule has 1 unspecified atom stereocenters. The average molecular weight is 283 g/mol. The van der Waals surface area contributed by atoms with E-state index in [0.717, 1.165) is 16.9 Å². The largest absolute Gasteiger partial charge is 0.496 e. The van der Waals surface area contributed by atoms with Gasteiger partial charge in [0.05, 0.1) is 13.2 Å². The highest BCUT2D eigenvalue weighted by molar-refractivity contribution is 7.17. The number of rotatable bonds is 3. The molecule has 3 heteroatoms. The van der Waals surface area contributed by atoms with Crippen LogP contribution in [0.15, 0.2) is 47.8 Å². The highest BCUT2D eigenvalue weighted by Gasteiger charge is 2.15. The fourth-order valence-electron chi connectivity index (χ4n) is 2.45. The third kappa shape index (κ3) is 2.19.